The molecule has 144 valence electrons. The van der Waals surface area contributed by atoms with Gasteiger partial charge in [-0.25, -0.2) is 9.97 Å². The molecule has 0 N–H and O–H groups in total. The molecule has 2 aliphatic heterocycles. The number of nitrogens with zero attached hydrogens (tertiary/aromatic N) is 4. The molecular formula is C21H28N4O2. The molecule has 0 radical (unpaired) electrons. The van der Waals surface area contributed by atoms with Crippen LogP contribution in [0.1, 0.15) is 56.5 Å². The van der Waals surface area contributed by atoms with Crippen molar-refractivity contribution in [2.24, 2.45) is 5.92 Å². The molecule has 0 saturated carbocycles. The zero-order chi connectivity index (χ0) is 19.0. The molecule has 0 spiro atoms. The van der Waals surface area contributed by atoms with Crippen LogP contribution in [0.2, 0.25) is 0 Å². The molecule has 0 bridgehead atoms. The van der Waals surface area contributed by atoms with Crippen molar-refractivity contribution in [3.8, 4) is 0 Å². The summed E-state index contributed by atoms with van der Waals surface area (Å²) in [6.07, 6.45) is 5.61. The van der Waals surface area contributed by atoms with E-state index in [1.54, 1.807) is 6.26 Å². The standard InChI is InChI=1S/C21H28N4O2/c1-21(2,3)20-22-10-16-12-25(14-18(16)23-20)19(26)15-6-4-8-24(11-15)13-17-7-5-9-27-17/h5,7,9-10,15H,4,6,8,11-14H2,1-3H3. The van der Waals surface area contributed by atoms with Gasteiger partial charge in [0.1, 0.15) is 11.6 Å². The van der Waals surface area contributed by atoms with Gasteiger partial charge in [-0.15, -0.1) is 0 Å². The van der Waals surface area contributed by atoms with E-state index >= 15 is 0 Å². The normalized spacial score (nSPS) is 20.7. The van der Waals surface area contributed by atoms with Gasteiger partial charge in [-0.2, -0.15) is 0 Å². The van der Waals surface area contributed by atoms with Crippen molar-refractivity contribution in [1.82, 2.24) is 19.8 Å². The SMILES string of the molecule is CC(C)(C)c1ncc2c(n1)CN(C(=O)C1CCCN(Cc3ccco3)C1)C2. The van der Waals surface area contributed by atoms with Gasteiger partial charge < -0.3 is 9.32 Å². The number of hydrogen-bond acceptors (Lipinski definition) is 5. The van der Waals surface area contributed by atoms with Gasteiger partial charge in [0.2, 0.25) is 5.91 Å². The van der Waals surface area contributed by atoms with Crippen molar-refractivity contribution in [3.05, 3.63) is 47.4 Å². The fourth-order valence-electron chi connectivity index (χ4n) is 3.95. The van der Waals surface area contributed by atoms with Gasteiger partial charge in [-0.05, 0) is 31.5 Å². The van der Waals surface area contributed by atoms with Crippen LogP contribution in [0.25, 0.3) is 0 Å². The summed E-state index contributed by atoms with van der Waals surface area (Å²) in [5.74, 6) is 2.10. The molecule has 0 aliphatic carbocycles. The number of rotatable bonds is 3. The molecule has 2 aliphatic rings. The van der Waals surface area contributed by atoms with E-state index in [1.165, 1.54) is 0 Å². The highest BCUT2D eigenvalue weighted by atomic mass is 16.3. The van der Waals surface area contributed by atoms with Crippen LogP contribution in [0.4, 0.5) is 0 Å². The van der Waals surface area contributed by atoms with Crippen molar-refractivity contribution in [2.45, 2.75) is 58.7 Å². The van der Waals surface area contributed by atoms with Gasteiger partial charge in [0, 0.05) is 30.3 Å². The minimum Gasteiger partial charge on any atom is -0.468 e. The summed E-state index contributed by atoms with van der Waals surface area (Å²) in [6, 6.07) is 3.91. The van der Waals surface area contributed by atoms with Crippen molar-refractivity contribution in [3.63, 3.8) is 0 Å². The second-order valence-electron chi connectivity index (χ2n) is 8.76. The third-order valence-corrected chi connectivity index (χ3v) is 5.45. The number of amides is 1. The van der Waals surface area contributed by atoms with E-state index in [0.717, 1.165) is 55.3 Å². The molecule has 2 aromatic heterocycles. The quantitative estimate of drug-likeness (QED) is 0.833. The number of likely N-dealkylation sites (tertiary alicyclic amines) is 1. The number of hydrogen-bond donors (Lipinski definition) is 0. The van der Waals surface area contributed by atoms with Crippen LogP contribution >= 0.6 is 0 Å². The Kier molecular flexibility index (Phi) is 4.76. The molecule has 1 fully saturated rings. The van der Waals surface area contributed by atoms with Crippen LogP contribution in [-0.2, 0) is 29.8 Å². The van der Waals surface area contributed by atoms with Crippen molar-refractivity contribution in [2.75, 3.05) is 13.1 Å². The Bertz CT molecular complexity index is 810. The van der Waals surface area contributed by atoms with Gasteiger partial charge >= 0.3 is 0 Å². The second kappa shape index (κ2) is 7.08. The summed E-state index contributed by atoms with van der Waals surface area (Å²) in [4.78, 5) is 26.7. The molecule has 4 heterocycles. The molecule has 4 rings (SSSR count). The molecular weight excluding hydrogens is 340 g/mol. The van der Waals surface area contributed by atoms with E-state index in [0.29, 0.717) is 13.1 Å². The number of carbonyl (C=O) groups is 1. The fourth-order valence-corrected chi connectivity index (χ4v) is 3.95. The smallest absolute Gasteiger partial charge is 0.227 e. The molecule has 6 nitrogen and oxygen atoms in total. The lowest BCUT2D eigenvalue weighted by atomic mass is 9.95. The number of furan rings is 1. The van der Waals surface area contributed by atoms with Gasteiger partial charge in [0.15, 0.2) is 0 Å². The van der Waals surface area contributed by atoms with Gasteiger partial charge in [0.05, 0.1) is 31.0 Å². The van der Waals surface area contributed by atoms with Gasteiger partial charge in [0.25, 0.3) is 0 Å². The van der Waals surface area contributed by atoms with E-state index in [9.17, 15) is 4.79 Å². The highest BCUT2D eigenvalue weighted by Crippen LogP contribution is 2.28. The maximum atomic E-state index is 13.1. The van der Waals surface area contributed by atoms with Crippen LogP contribution in [0, 0.1) is 5.92 Å². The molecule has 1 saturated heterocycles. The average molecular weight is 368 g/mol. The molecule has 27 heavy (non-hydrogen) atoms. The van der Waals surface area contributed by atoms with Crippen LogP contribution < -0.4 is 0 Å². The van der Waals surface area contributed by atoms with E-state index in [2.05, 4.69) is 30.7 Å². The summed E-state index contributed by atoms with van der Waals surface area (Å²) in [6.45, 7) is 10.2. The maximum Gasteiger partial charge on any atom is 0.227 e. The second-order valence-corrected chi connectivity index (χ2v) is 8.76. The van der Waals surface area contributed by atoms with Gasteiger partial charge in [-0.1, -0.05) is 20.8 Å². The van der Waals surface area contributed by atoms with Crippen LogP contribution in [0.15, 0.2) is 29.0 Å². The lowest BCUT2D eigenvalue weighted by Gasteiger charge is -2.33. The summed E-state index contributed by atoms with van der Waals surface area (Å²) in [5, 5.41) is 0. The first kappa shape index (κ1) is 18.2. The first-order valence-electron chi connectivity index (χ1n) is 9.79. The minimum atomic E-state index is -0.0812. The molecule has 1 unspecified atom stereocenters. The third-order valence-electron chi connectivity index (χ3n) is 5.45. The summed E-state index contributed by atoms with van der Waals surface area (Å²) >= 11 is 0. The Balaban J connectivity index is 1.41. The van der Waals surface area contributed by atoms with Crippen LogP contribution in [0.5, 0.6) is 0 Å². The molecule has 1 atom stereocenters. The van der Waals surface area contributed by atoms with Crippen LogP contribution in [0.3, 0.4) is 0 Å². The number of piperidine rings is 1. The third kappa shape index (κ3) is 3.90. The summed E-state index contributed by atoms with van der Waals surface area (Å²) in [5.41, 5.74) is 2.01. The Morgan fingerprint density at radius 2 is 2.19 bits per heavy atom. The van der Waals surface area contributed by atoms with E-state index in [1.807, 2.05) is 23.2 Å². The highest BCUT2D eigenvalue weighted by molar-refractivity contribution is 5.79. The number of aromatic nitrogens is 2. The zero-order valence-corrected chi connectivity index (χ0v) is 16.4. The van der Waals surface area contributed by atoms with Crippen molar-refractivity contribution < 1.29 is 9.21 Å². The van der Waals surface area contributed by atoms with E-state index in [4.69, 9.17) is 9.40 Å². The van der Waals surface area contributed by atoms with Gasteiger partial charge in [-0.3, -0.25) is 9.69 Å². The van der Waals surface area contributed by atoms with Crippen LogP contribution in [-0.4, -0.2) is 38.8 Å². The monoisotopic (exact) mass is 368 g/mol. The lowest BCUT2D eigenvalue weighted by molar-refractivity contribution is -0.138. The predicted octanol–water partition coefficient (Wildman–Crippen LogP) is 3.12. The zero-order valence-electron chi connectivity index (χ0n) is 16.4. The first-order chi connectivity index (χ1) is 12.9. The first-order valence-corrected chi connectivity index (χ1v) is 9.79. The minimum absolute atomic E-state index is 0.0538. The Morgan fingerprint density at radius 1 is 1.33 bits per heavy atom. The number of carbonyl (C=O) groups excluding carboxylic acids is 1. The highest BCUT2D eigenvalue weighted by Gasteiger charge is 2.33. The predicted molar refractivity (Wildman–Crippen MR) is 102 cm³/mol. The Hall–Kier alpha value is -2.21. The molecule has 6 heteroatoms. The van der Waals surface area contributed by atoms with E-state index < -0.39 is 0 Å². The number of fused-ring (bicyclic) bond motifs is 1. The van der Waals surface area contributed by atoms with E-state index in [-0.39, 0.29) is 17.2 Å². The average Bonchev–Trinajstić information content (AvgIpc) is 3.29. The lowest BCUT2D eigenvalue weighted by Crippen LogP contribution is -2.43. The Morgan fingerprint density at radius 3 is 2.93 bits per heavy atom. The fraction of sp³-hybridized carbons (Fsp3) is 0.571. The summed E-state index contributed by atoms with van der Waals surface area (Å²) < 4.78 is 5.46. The Labute approximate surface area is 160 Å². The van der Waals surface area contributed by atoms with Crippen molar-refractivity contribution >= 4 is 5.91 Å². The molecule has 0 aromatic carbocycles. The maximum absolute atomic E-state index is 13.1. The molecule has 1 amide bonds. The van der Waals surface area contributed by atoms with Crippen molar-refractivity contribution in [1.29, 1.82) is 0 Å². The molecule has 2 aromatic rings. The largest absolute Gasteiger partial charge is 0.468 e. The summed E-state index contributed by atoms with van der Waals surface area (Å²) in [7, 11) is 0. The topological polar surface area (TPSA) is 62.5 Å².